The second-order valence-corrected chi connectivity index (χ2v) is 5.86. The lowest BCUT2D eigenvalue weighted by atomic mass is 9.91. The molecule has 21 heavy (non-hydrogen) atoms. The van der Waals surface area contributed by atoms with E-state index in [1.807, 2.05) is 13.0 Å². The van der Waals surface area contributed by atoms with Crippen LogP contribution in [-0.4, -0.2) is 0 Å². The Balaban J connectivity index is 2.35. The van der Waals surface area contributed by atoms with E-state index in [4.69, 9.17) is 5.84 Å². The van der Waals surface area contributed by atoms with Gasteiger partial charge in [-0.3, -0.25) is 11.3 Å². The van der Waals surface area contributed by atoms with Gasteiger partial charge in [0, 0.05) is 0 Å². The van der Waals surface area contributed by atoms with E-state index in [1.165, 1.54) is 28.3 Å². The minimum absolute atomic E-state index is 0.0977. The Morgan fingerprint density at radius 1 is 0.952 bits per heavy atom. The standard InChI is InChI=1S/C18H23FN2/c1-11-5-13(3)17(14(4)6-11)10-18(21-20)15-7-12(2)8-16(19)9-15/h5-9,18,21H,10,20H2,1-4H3. The fourth-order valence-electron chi connectivity index (χ4n) is 2.97. The van der Waals surface area contributed by atoms with Gasteiger partial charge in [0.1, 0.15) is 5.82 Å². The highest BCUT2D eigenvalue weighted by Gasteiger charge is 2.15. The van der Waals surface area contributed by atoms with Crippen LogP contribution >= 0.6 is 0 Å². The lowest BCUT2D eigenvalue weighted by molar-refractivity contribution is 0.542. The quantitative estimate of drug-likeness (QED) is 0.662. The summed E-state index contributed by atoms with van der Waals surface area (Å²) in [5, 5.41) is 0. The molecule has 0 saturated carbocycles. The molecule has 0 aliphatic carbocycles. The Labute approximate surface area is 126 Å². The SMILES string of the molecule is Cc1cc(F)cc(C(Cc2c(C)cc(C)cc2C)NN)c1. The molecule has 2 rings (SSSR count). The van der Waals surface area contributed by atoms with Crippen LogP contribution in [0.15, 0.2) is 30.3 Å². The van der Waals surface area contributed by atoms with Crippen LogP contribution < -0.4 is 11.3 Å². The molecule has 0 radical (unpaired) electrons. The van der Waals surface area contributed by atoms with Crippen molar-refractivity contribution >= 4 is 0 Å². The Hall–Kier alpha value is -1.71. The molecule has 2 nitrogen and oxygen atoms in total. The number of halogens is 1. The van der Waals surface area contributed by atoms with E-state index in [-0.39, 0.29) is 11.9 Å². The molecule has 0 aliphatic heterocycles. The number of nitrogens with one attached hydrogen (secondary N) is 1. The monoisotopic (exact) mass is 286 g/mol. The van der Waals surface area contributed by atoms with E-state index < -0.39 is 0 Å². The summed E-state index contributed by atoms with van der Waals surface area (Å²) in [5.74, 6) is 5.49. The van der Waals surface area contributed by atoms with E-state index in [1.54, 1.807) is 6.07 Å². The van der Waals surface area contributed by atoms with E-state index in [9.17, 15) is 4.39 Å². The average Bonchev–Trinajstić information content (AvgIpc) is 2.36. The van der Waals surface area contributed by atoms with E-state index >= 15 is 0 Å². The number of hydrogen-bond acceptors (Lipinski definition) is 2. The van der Waals surface area contributed by atoms with Crippen LogP contribution in [0.25, 0.3) is 0 Å². The van der Waals surface area contributed by atoms with Crippen molar-refractivity contribution in [3.05, 3.63) is 69.5 Å². The van der Waals surface area contributed by atoms with Crippen LogP contribution in [0.5, 0.6) is 0 Å². The van der Waals surface area contributed by atoms with Gasteiger partial charge in [-0.1, -0.05) is 23.8 Å². The Kier molecular flexibility index (Phi) is 4.76. The predicted molar refractivity (Wildman–Crippen MR) is 85.6 cm³/mol. The van der Waals surface area contributed by atoms with Crippen LogP contribution in [0, 0.1) is 33.5 Å². The van der Waals surface area contributed by atoms with Crippen molar-refractivity contribution in [3.63, 3.8) is 0 Å². The molecule has 1 unspecified atom stereocenters. The number of benzene rings is 2. The highest BCUT2D eigenvalue weighted by atomic mass is 19.1. The molecule has 2 aromatic rings. The van der Waals surface area contributed by atoms with Crippen LogP contribution in [0.2, 0.25) is 0 Å². The summed E-state index contributed by atoms with van der Waals surface area (Å²) < 4.78 is 13.6. The Morgan fingerprint density at radius 3 is 2.05 bits per heavy atom. The molecule has 0 heterocycles. The van der Waals surface area contributed by atoms with Crippen molar-refractivity contribution < 1.29 is 4.39 Å². The van der Waals surface area contributed by atoms with Crippen LogP contribution in [0.3, 0.4) is 0 Å². The summed E-state index contributed by atoms with van der Waals surface area (Å²) in [4.78, 5) is 0. The first-order chi connectivity index (χ1) is 9.90. The second-order valence-electron chi connectivity index (χ2n) is 5.86. The topological polar surface area (TPSA) is 38.0 Å². The summed E-state index contributed by atoms with van der Waals surface area (Å²) in [5.41, 5.74) is 9.64. The first kappa shape index (κ1) is 15.7. The molecule has 3 N–H and O–H groups in total. The molecule has 112 valence electrons. The second kappa shape index (κ2) is 6.37. The number of aryl methyl sites for hydroxylation is 4. The zero-order chi connectivity index (χ0) is 15.6. The molecule has 3 heteroatoms. The predicted octanol–water partition coefficient (Wildman–Crippen LogP) is 3.81. The maximum Gasteiger partial charge on any atom is 0.123 e. The van der Waals surface area contributed by atoms with E-state index in [2.05, 4.69) is 38.3 Å². The lowest BCUT2D eigenvalue weighted by Gasteiger charge is -2.20. The van der Waals surface area contributed by atoms with Gasteiger partial charge in [-0.25, -0.2) is 4.39 Å². The molecular formula is C18H23FN2. The summed E-state index contributed by atoms with van der Waals surface area (Å²) >= 11 is 0. The van der Waals surface area contributed by atoms with Crippen LogP contribution in [0.4, 0.5) is 4.39 Å². The van der Waals surface area contributed by atoms with Crippen molar-refractivity contribution in [1.29, 1.82) is 0 Å². The maximum absolute atomic E-state index is 13.6. The molecule has 0 bridgehead atoms. The summed E-state index contributed by atoms with van der Waals surface area (Å²) in [6, 6.07) is 9.31. The van der Waals surface area contributed by atoms with Crippen molar-refractivity contribution in [1.82, 2.24) is 5.43 Å². The Bertz CT molecular complexity index is 606. The normalized spacial score (nSPS) is 12.5. The minimum atomic E-state index is -0.220. The number of hydrogen-bond donors (Lipinski definition) is 2. The maximum atomic E-state index is 13.6. The van der Waals surface area contributed by atoms with Gasteiger partial charge in [-0.15, -0.1) is 0 Å². The van der Waals surface area contributed by atoms with Crippen molar-refractivity contribution in [3.8, 4) is 0 Å². The molecular weight excluding hydrogens is 263 g/mol. The number of rotatable bonds is 4. The van der Waals surface area contributed by atoms with Crippen LogP contribution in [0.1, 0.15) is 39.4 Å². The molecule has 0 aromatic heterocycles. The van der Waals surface area contributed by atoms with E-state index in [0.29, 0.717) is 0 Å². The van der Waals surface area contributed by atoms with Crippen molar-refractivity contribution in [2.45, 2.75) is 40.2 Å². The minimum Gasteiger partial charge on any atom is -0.271 e. The third kappa shape index (κ3) is 3.69. The summed E-state index contributed by atoms with van der Waals surface area (Å²) in [7, 11) is 0. The van der Waals surface area contributed by atoms with Crippen molar-refractivity contribution in [2.75, 3.05) is 0 Å². The molecule has 0 saturated heterocycles. The highest BCUT2D eigenvalue weighted by molar-refractivity contribution is 5.39. The fourth-order valence-corrected chi connectivity index (χ4v) is 2.97. The fraction of sp³-hybridized carbons (Fsp3) is 0.333. The Morgan fingerprint density at radius 2 is 1.52 bits per heavy atom. The third-order valence-corrected chi connectivity index (χ3v) is 3.92. The largest absolute Gasteiger partial charge is 0.271 e. The number of nitrogens with two attached hydrogens (primary N) is 1. The molecule has 0 spiro atoms. The van der Waals surface area contributed by atoms with E-state index in [0.717, 1.165) is 17.5 Å². The molecule has 2 aromatic carbocycles. The van der Waals surface area contributed by atoms with Gasteiger partial charge in [-0.05, 0) is 74.1 Å². The van der Waals surface area contributed by atoms with Gasteiger partial charge < -0.3 is 0 Å². The smallest absolute Gasteiger partial charge is 0.123 e. The van der Waals surface area contributed by atoms with Crippen LogP contribution in [-0.2, 0) is 6.42 Å². The van der Waals surface area contributed by atoms with Gasteiger partial charge in [0.15, 0.2) is 0 Å². The van der Waals surface area contributed by atoms with Gasteiger partial charge in [0.25, 0.3) is 0 Å². The summed E-state index contributed by atoms with van der Waals surface area (Å²) in [6.07, 6.45) is 0.747. The molecule has 1 atom stereocenters. The zero-order valence-corrected chi connectivity index (χ0v) is 13.1. The number of hydrazine groups is 1. The molecule has 0 aliphatic rings. The highest BCUT2D eigenvalue weighted by Crippen LogP contribution is 2.25. The van der Waals surface area contributed by atoms with Gasteiger partial charge in [-0.2, -0.15) is 0 Å². The first-order valence-corrected chi connectivity index (χ1v) is 7.20. The average molecular weight is 286 g/mol. The van der Waals surface area contributed by atoms with Crippen molar-refractivity contribution in [2.24, 2.45) is 5.84 Å². The molecule has 0 amide bonds. The molecule has 0 fully saturated rings. The van der Waals surface area contributed by atoms with Gasteiger partial charge >= 0.3 is 0 Å². The zero-order valence-electron chi connectivity index (χ0n) is 13.1. The van der Waals surface area contributed by atoms with Gasteiger partial charge in [0.2, 0.25) is 0 Å². The first-order valence-electron chi connectivity index (χ1n) is 7.20. The lowest BCUT2D eigenvalue weighted by Crippen LogP contribution is -2.30. The third-order valence-electron chi connectivity index (χ3n) is 3.92. The summed E-state index contributed by atoms with van der Waals surface area (Å²) in [6.45, 7) is 8.21. The van der Waals surface area contributed by atoms with Gasteiger partial charge in [0.05, 0.1) is 6.04 Å².